The average molecular weight is 1050 g/mol. The van der Waals surface area contributed by atoms with Gasteiger partial charge < -0.3 is 0 Å². The van der Waals surface area contributed by atoms with Crippen LogP contribution < -0.4 is 0 Å². The molecule has 49 heavy (non-hydrogen) atoms. The third kappa shape index (κ3) is 9.19. The fourth-order valence-corrected chi connectivity index (χ4v) is 7.99. The van der Waals surface area contributed by atoms with E-state index in [1.807, 2.05) is 120 Å². The van der Waals surface area contributed by atoms with E-state index in [-0.39, 0.29) is 42.1 Å². The first-order valence-electron chi connectivity index (χ1n) is 14.7. The maximum Gasteiger partial charge on any atom is 2.00 e. The number of nitrogens with zero attached hydrogens (tertiary/aromatic N) is 4. The summed E-state index contributed by atoms with van der Waals surface area (Å²) in [5, 5.41) is 4.06. The number of pyridine rings is 4. The molecule has 0 atom stereocenters. The quantitative estimate of drug-likeness (QED) is 0.165. The van der Waals surface area contributed by atoms with Crippen LogP contribution in [0.25, 0.3) is 63.8 Å². The number of benzene rings is 2. The van der Waals surface area contributed by atoms with Gasteiger partial charge in [0.25, 0.3) is 0 Å². The fraction of sp³-hybridized carbons (Fsp3) is 0. The average Bonchev–Trinajstić information content (AvgIpc) is 3.90. The van der Waals surface area contributed by atoms with E-state index >= 15 is 0 Å². The molecule has 0 aliphatic carbocycles. The summed E-state index contributed by atoms with van der Waals surface area (Å²) in [5.74, 6) is 0. The van der Waals surface area contributed by atoms with Crippen molar-refractivity contribution in [1.29, 1.82) is 0 Å². The topological polar surface area (TPSA) is 51.6 Å². The van der Waals surface area contributed by atoms with Crippen molar-refractivity contribution in [3.8, 4) is 45.0 Å². The van der Waals surface area contributed by atoms with E-state index in [9.17, 15) is 0 Å². The normalized spacial score (nSPS) is 10.1. The van der Waals surface area contributed by atoms with Crippen LogP contribution in [0.5, 0.6) is 0 Å². The number of hydrogen-bond acceptors (Lipinski definition) is 7. The Labute approximate surface area is 326 Å². The van der Waals surface area contributed by atoms with Crippen LogP contribution in [0.1, 0.15) is 0 Å². The van der Waals surface area contributed by atoms with Crippen molar-refractivity contribution in [2.75, 3.05) is 0 Å². The summed E-state index contributed by atoms with van der Waals surface area (Å²) in [7, 11) is 0. The number of aromatic nitrogens is 4. The molecule has 0 aliphatic rings. The van der Waals surface area contributed by atoms with Crippen molar-refractivity contribution in [3.63, 3.8) is 0 Å². The minimum absolute atomic E-state index is 0. The van der Waals surface area contributed by atoms with E-state index in [2.05, 4.69) is 44.2 Å². The van der Waals surface area contributed by atoms with Gasteiger partial charge in [0.15, 0.2) is 0 Å². The molecule has 0 fully saturated rings. The van der Waals surface area contributed by atoms with Crippen molar-refractivity contribution in [2.45, 2.75) is 0 Å². The Bertz CT molecular complexity index is 2040. The molecule has 7 heterocycles. The molecule has 0 radical (unpaired) electrons. The smallest absolute Gasteiger partial charge is 0.295 e. The van der Waals surface area contributed by atoms with Gasteiger partial charge in [-0.25, -0.2) is 23.5 Å². The summed E-state index contributed by atoms with van der Waals surface area (Å²) in [6, 6.07) is 48.6. The second-order valence-electron chi connectivity index (χ2n) is 9.99. The van der Waals surface area contributed by atoms with Crippen LogP contribution in [-0.4, -0.2) is 19.9 Å². The number of fused-ring (bicyclic) bond motifs is 3. The van der Waals surface area contributed by atoms with Gasteiger partial charge in [-0.15, -0.1) is 68.7 Å². The Kier molecular flexibility index (Phi) is 13.5. The Balaban J connectivity index is 0.000000144. The molecule has 0 aliphatic heterocycles. The molecule has 0 amide bonds. The van der Waals surface area contributed by atoms with Crippen LogP contribution in [0.15, 0.2) is 145 Å². The van der Waals surface area contributed by atoms with Gasteiger partial charge in [0.2, 0.25) is 0 Å². The SMILES string of the molecule is [Pt+2].[Pt+2].[c-]1c(-c2ccccn2)cccc1-c1ccccn1.[c-]1c(-c2ccccn2)cccc1-c1ccccn1.[c-]1csc2c1sc1[c-]csc12. The van der Waals surface area contributed by atoms with Gasteiger partial charge in [-0.2, -0.15) is 9.40 Å². The zero-order chi connectivity index (χ0) is 31.7. The summed E-state index contributed by atoms with van der Waals surface area (Å²) in [4.78, 5) is 17.3. The molecule has 0 unspecified atom stereocenters. The molecule has 7 aromatic heterocycles. The largest absolute Gasteiger partial charge is 2.00 e. The van der Waals surface area contributed by atoms with Crippen molar-refractivity contribution >= 4 is 52.8 Å². The van der Waals surface area contributed by atoms with Crippen LogP contribution in [0.2, 0.25) is 0 Å². The molecular weight excluding hydrogens is 1020 g/mol. The molecule has 9 rings (SSSR count). The van der Waals surface area contributed by atoms with Gasteiger partial charge in [0, 0.05) is 47.6 Å². The monoisotopic (exact) mass is 1050 g/mol. The van der Waals surface area contributed by atoms with Crippen LogP contribution in [0.3, 0.4) is 0 Å². The first-order valence-corrected chi connectivity index (χ1v) is 17.3. The van der Waals surface area contributed by atoms with Crippen molar-refractivity contribution in [2.24, 2.45) is 0 Å². The second kappa shape index (κ2) is 18.1. The maximum absolute atomic E-state index is 4.33. The molecule has 0 N–H and O–H groups in total. The van der Waals surface area contributed by atoms with E-state index in [1.165, 1.54) is 18.8 Å². The number of rotatable bonds is 4. The molecule has 0 spiro atoms. The Morgan fingerprint density at radius 2 is 0.714 bits per heavy atom. The molecule has 9 aromatic rings. The summed E-state index contributed by atoms with van der Waals surface area (Å²) in [6.07, 6.45) is 7.15. The molecule has 242 valence electrons. The van der Waals surface area contributed by atoms with Crippen LogP contribution in [-0.2, 0) is 42.1 Å². The fourth-order valence-electron chi connectivity index (χ4n) is 4.71. The van der Waals surface area contributed by atoms with Crippen LogP contribution in [0, 0.1) is 24.3 Å². The van der Waals surface area contributed by atoms with Gasteiger partial charge in [0.05, 0.1) is 0 Å². The molecule has 2 aromatic carbocycles. The van der Waals surface area contributed by atoms with Crippen molar-refractivity contribution in [3.05, 3.63) is 169 Å². The first-order chi connectivity index (χ1) is 23.3. The van der Waals surface area contributed by atoms with E-state index in [1.54, 1.807) is 58.8 Å². The first kappa shape index (κ1) is 36.3. The molecule has 0 saturated heterocycles. The van der Waals surface area contributed by atoms with E-state index < -0.39 is 0 Å². The van der Waals surface area contributed by atoms with Crippen molar-refractivity contribution in [1.82, 2.24) is 19.9 Å². The maximum atomic E-state index is 4.33. The van der Waals surface area contributed by atoms with E-state index in [0.29, 0.717) is 0 Å². The molecular formula is C40H24N4Pt2S3. The Hall–Kier alpha value is -3.96. The summed E-state index contributed by atoms with van der Waals surface area (Å²) >= 11 is 5.33. The summed E-state index contributed by atoms with van der Waals surface area (Å²) in [6.45, 7) is 0. The third-order valence-corrected chi connectivity index (χ3v) is 10.1. The molecule has 0 saturated carbocycles. The molecule has 4 nitrogen and oxygen atoms in total. The van der Waals surface area contributed by atoms with Crippen LogP contribution in [0.4, 0.5) is 0 Å². The minimum Gasteiger partial charge on any atom is -0.295 e. The minimum atomic E-state index is 0. The van der Waals surface area contributed by atoms with Gasteiger partial charge in [-0.05, 0) is 24.3 Å². The predicted octanol–water partition coefficient (Wildman–Crippen LogP) is 11.0. The summed E-state index contributed by atoms with van der Waals surface area (Å²) < 4.78 is 5.34. The van der Waals surface area contributed by atoms with E-state index in [0.717, 1.165) is 45.0 Å². The van der Waals surface area contributed by atoms with Gasteiger partial charge >= 0.3 is 42.1 Å². The Morgan fingerprint density at radius 1 is 0.388 bits per heavy atom. The van der Waals surface area contributed by atoms with Crippen LogP contribution >= 0.6 is 34.0 Å². The summed E-state index contributed by atoms with van der Waals surface area (Å²) in [5.41, 5.74) is 7.64. The molecule has 0 bridgehead atoms. The molecule has 9 heteroatoms. The standard InChI is InChI=1S/2C16H11N2.C8H2S3.2Pt/c2*1-3-10-17-15(8-1)13-6-5-7-14(12-13)16-9-2-4-11-18-16;1-3-9-7-5(1)11-6-2-4-10-8(6)7;;/h2*1-11H;3-4H;;/q2*-1;-2;2*+2. The van der Waals surface area contributed by atoms with E-state index in [4.69, 9.17) is 0 Å². The number of hydrogen-bond donors (Lipinski definition) is 0. The van der Waals surface area contributed by atoms with Gasteiger partial charge in [0.1, 0.15) is 0 Å². The van der Waals surface area contributed by atoms with Gasteiger partial charge in [-0.3, -0.25) is 42.6 Å². The Morgan fingerprint density at radius 3 is 1.00 bits per heavy atom. The van der Waals surface area contributed by atoms with Gasteiger partial charge in [-0.1, -0.05) is 70.8 Å². The number of thiophene rings is 3. The zero-order valence-corrected chi connectivity index (χ0v) is 32.5. The second-order valence-corrected chi connectivity index (χ2v) is 12.8. The predicted molar refractivity (Wildman–Crippen MR) is 196 cm³/mol. The van der Waals surface area contributed by atoms with Crippen molar-refractivity contribution < 1.29 is 42.1 Å². The zero-order valence-electron chi connectivity index (χ0n) is 25.5. The third-order valence-electron chi connectivity index (χ3n) is 6.91.